The zero-order valence-corrected chi connectivity index (χ0v) is 11.0. The molecule has 0 aliphatic heterocycles. The molecular formula is C16H16FNO2. The van der Waals surface area contributed by atoms with Gasteiger partial charge in [-0.3, -0.25) is 4.79 Å². The highest BCUT2D eigenvalue weighted by Gasteiger charge is 2.12. The number of aliphatic hydroxyl groups is 1. The minimum atomic E-state index is -0.459. The van der Waals surface area contributed by atoms with Crippen molar-refractivity contribution >= 4 is 12.0 Å². The molecule has 0 atom stereocenters. The fourth-order valence-electron chi connectivity index (χ4n) is 2.06. The van der Waals surface area contributed by atoms with Gasteiger partial charge in [0.05, 0.1) is 12.3 Å². The Balaban J connectivity index is 2.26. The predicted molar refractivity (Wildman–Crippen MR) is 76.4 cm³/mol. The van der Waals surface area contributed by atoms with Crippen molar-refractivity contribution in [3.05, 3.63) is 65.5 Å². The number of hydrogen-bond acceptors (Lipinski definition) is 3. The molecule has 1 N–H and O–H groups in total. The molecular weight excluding hydrogens is 257 g/mol. The lowest BCUT2D eigenvalue weighted by Crippen LogP contribution is -2.27. The highest BCUT2D eigenvalue weighted by atomic mass is 19.1. The fourth-order valence-corrected chi connectivity index (χ4v) is 2.06. The SMILES string of the molecule is O=Cc1ccc(N(CCO)Cc2ccccc2)c(F)c1. The van der Waals surface area contributed by atoms with Gasteiger partial charge in [-0.25, -0.2) is 4.39 Å². The Bertz CT molecular complexity index is 572. The van der Waals surface area contributed by atoms with Crippen LogP contribution in [0.2, 0.25) is 0 Å². The molecule has 0 aromatic heterocycles. The van der Waals surface area contributed by atoms with E-state index in [0.29, 0.717) is 30.6 Å². The molecule has 2 rings (SSSR count). The van der Waals surface area contributed by atoms with Crippen LogP contribution in [0.25, 0.3) is 0 Å². The van der Waals surface area contributed by atoms with Gasteiger partial charge in [-0.2, -0.15) is 0 Å². The van der Waals surface area contributed by atoms with Crippen molar-refractivity contribution in [3.63, 3.8) is 0 Å². The predicted octanol–water partition coefficient (Wildman–Crippen LogP) is 2.64. The lowest BCUT2D eigenvalue weighted by Gasteiger charge is -2.24. The molecule has 2 aromatic rings. The van der Waals surface area contributed by atoms with Gasteiger partial charge in [-0.15, -0.1) is 0 Å². The van der Waals surface area contributed by atoms with Gasteiger partial charge in [0.1, 0.15) is 12.1 Å². The number of carbonyl (C=O) groups excluding carboxylic acids is 1. The first-order valence-corrected chi connectivity index (χ1v) is 6.39. The molecule has 4 heteroatoms. The van der Waals surface area contributed by atoms with Gasteiger partial charge in [0, 0.05) is 18.7 Å². The summed E-state index contributed by atoms with van der Waals surface area (Å²) in [5, 5.41) is 9.15. The van der Waals surface area contributed by atoms with Gasteiger partial charge < -0.3 is 10.0 Å². The largest absolute Gasteiger partial charge is 0.395 e. The molecule has 0 bridgehead atoms. The van der Waals surface area contributed by atoms with E-state index < -0.39 is 5.82 Å². The Morgan fingerprint density at radius 3 is 2.50 bits per heavy atom. The normalized spacial score (nSPS) is 10.3. The Morgan fingerprint density at radius 2 is 1.90 bits per heavy atom. The molecule has 104 valence electrons. The molecule has 0 fully saturated rings. The van der Waals surface area contributed by atoms with Crippen molar-refractivity contribution < 1.29 is 14.3 Å². The van der Waals surface area contributed by atoms with Crippen LogP contribution in [0.15, 0.2) is 48.5 Å². The Hall–Kier alpha value is -2.20. The van der Waals surface area contributed by atoms with Gasteiger partial charge in [0.15, 0.2) is 0 Å². The van der Waals surface area contributed by atoms with Crippen LogP contribution in [0.3, 0.4) is 0 Å². The number of nitrogens with zero attached hydrogens (tertiary/aromatic N) is 1. The summed E-state index contributed by atoms with van der Waals surface area (Å²) in [6, 6.07) is 14.0. The number of halogens is 1. The van der Waals surface area contributed by atoms with E-state index in [1.807, 2.05) is 30.3 Å². The highest BCUT2D eigenvalue weighted by Crippen LogP contribution is 2.22. The van der Waals surface area contributed by atoms with Crippen LogP contribution in [0, 0.1) is 5.82 Å². The maximum absolute atomic E-state index is 14.0. The van der Waals surface area contributed by atoms with E-state index >= 15 is 0 Å². The van der Waals surface area contributed by atoms with Crippen molar-refractivity contribution in [2.75, 3.05) is 18.1 Å². The second-order valence-corrected chi connectivity index (χ2v) is 4.46. The maximum atomic E-state index is 14.0. The molecule has 0 saturated carbocycles. The third-order valence-corrected chi connectivity index (χ3v) is 3.03. The Labute approximate surface area is 117 Å². The monoisotopic (exact) mass is 273 g/mol. The topological polar surface area (TPSA) is 40.5 Å². The van der Waals surface area contributed by atoms with Crippen molar-refractivity contribution in [1.29, 1.82) is 0 Å². The van der Waals surface area contributed by atoms with Gasteiger partial charge >= 0.3 is 0 Å². The molecule has 3 nitrogen and oxygen atoms in total. The first kappa shape index (κ1) is 14.2. The van der Waals surface area contributed by atoms with Crippen LogP contribution < -0.4 is 4.90 Å². The van der Waals surface area contributed by atoms with Gasteiger partial charge in [0.2, 0.25) is 0 Å². The van der Waals surface area contributed by atoms with E-state index in [1.54, 1.807) is 17.0 Å². The third kappa shape index (κ3) is 3.42. The number of carbonyl (C=O) groups is 1. The fraction of sp³-hybridized carbons (Fsp3) is 0.188. The zero-order chi connectivity index (χ0) is 14.4. The van der Waals surface area contributed by atoms with Crippen molar-refractivity contribution in [1.82, 2.24) is 0 Å². The standard InChI is InChI=1S/C16H16FNO2/c17-15-10-14(12-20)6-7-16(15)18(8-9-19)11-13-4-2-1-3-5-13/h1-7,10,12,19H,8-9,11H2. The average molecular weight is 273 g/mol. The summed E-state index contributed by atoms with van der Waals surface area (Å²) in [6.45, 7) is 0.757. The maximum Gasteiger partial charge on any atom is 0.150 e. The highest BCUT2D eigenvalue weighted by molar-refractivity contribution is 5.76. The number of rotatable bonds is 6. The van der Waals surface area contributed by atoms with Gasteiger partial charge in [-0.05, 0) is 23.8 Å². The molecule has 20 heavy (non-hydrogen) atoms. The molecule has 0 spiro atoms. The summed E-state index contributed by atoms with van der Waals surface area (Å²) in [6.07, 6.45) is 0.612. The minimum Gasteiger partial charge on any atom is -0.395 e. The lowest BCUT2D eigenvalue weighted by molar-refractivity contribution is 0.112. The summed E-state index contributed by atoms with van der Waals surface area (Å²) in [5.41, 5.74) is 1.71. The number of hydrogen-bond donors (Lipinski definition) is 1. The Kier molecular flexibility index (Phi) is 4.85. The number of benzene rings is 2. The third-order valence-electron chi connectivity index (χ3n) is 3.03. The van der Waals surface area contributed by atoms with Crippen molar-refractivity contribution in [2.45, 2.75) is 6.54 Å². The second-order valence-electron chi connectivity index (χ2n) is 4.46. The Morgan fingerprint density at radius 1 is 1.15 bits per heavy atom. The van der Waals surface area contributed by atoms with E-state index in [4.69, 9.17) is 5.11 Å². The van der Waals surface area contributed by atoms with Gasteiger partial charge in [-0.1, -0.05) is 30.3 Å². The van der Waals surface area contributed by atoms with E-state index in [9.17, 15) is 9.18 Å². The summed E-state index contributed by atoms with van der Waals surface area (Å²) in [4.78, 5) is 12.4. The first-order valence-electron chi connectivity index (χ1n) is 6.39. The van der Waals surface area contributed by atoms with Crippen LogP contribution in [-0.2, 0) is 6.54 Å². The smallest absolute Gasteiger partial charge is 0.150 e. The number of aliphatic hydroxyl groups excluding tert-OH is 1. The minimum absolute atomic E-state index is 0.0678. The molecule has 0 aliphatic rings. The number of aldehydes is 1. The van der Waals surface area contributed by atoms with E-state index in [2.05, 4.69) is 0 Å². The molecule has 2 aromatic carbocycles. The summed E-state index contributed by atoms with van der Waals surface area (Å²) in [5.74, 6) is -0.459. The van der Waals surface area contributed by atoms with Crippen molar-refractivity contribution in [2.24, 2.45) is 0 Å². The first-order chi connectivity index (χ1) is 9.74. The lowest BCUT2D eigenvalue weighted by atomic mass is 10.1. The molecule has 0 radical (unpaired) electrons. The quantitative estimate of drug-likeness (QED) is 0.823. The second kappa shape index (κ2) is 6.82. The molecule has 0 heterocycles. The average Bonchev–Trinajstić information content (AvgIpc) is 2.48. The molecule has 0 amide bonds. The van der Waals surface area contributed by atoms with Crippen LogP contribution in [0.1, 0.15) is 15.9 Å². The van der Waals surface area contributed by atoms with Crippen molar-refractivity contribution in [3.8, 4) is 0 Å². The van der Waals surface area contributed by atoms with Gasteiger partial charge in [0.25, 0.3) is 0 Å². The molecule has 0 aliphatic carbocycles. The number of anilines is 1. The molecule has 0 unspecified atom stereocenters. The van der Waals surface area contributed by atoms with Crippen LogP contribution in [0.5, 0.6) is 0 Å². The van der Waals surface area contributed by atoms with E-state index in [1.165, 1.54) is 6.07 Å². The summed E-state index contributed by atoms with van der Waals surface area (Å²) < 4.78 is 14.0. The van der Waals surface area contributed by atoms with Crippen LogP contribution >= 0.6 is 0 Å². The van der Waals surface area contributed by atoms with Crippen LogP contribution in [-0.4, -0.2) is 24.5 Å². The van der Waals surface area contributed by atoms with E-state index in [-0.39, 0.29) is 6.61 Å². The summed E-state index contributed by atoms with van der Waals surface area (Å²) in [7, 11) is 0. The van der Waals surface area contributed by atoms with E-state index in [0.717, 1.165) is 5.56 Å². The zero-order valence-electron chi connectivity index (χ0n) is 11.0. The molecule has 0 saturated heterocycles. The summed E-state index contributed by atoms with van der Waals surface area (Å²) >= 11 is 0. The van der Waals surface area contributed by atoms with Crippen LogP contribution in [0.4, 0.5) is 10.1 Å².